The fraction of sp³-hybridized carbons (Fsp3) is 0.235. The minimum atomic E-state index is 0.0549. The first-order chi connectivity index (χ1) is 11.6. The lowest BCUT2D eigenvalue weighted by Gasteiger charge is -2.05. The Hall–Kier alpha value is -2.12. The number of hydrogen-bond acceptors (Lipinski definition) is 6. The number of Topliss-reactive ketones (excluding diaryl/α,β-unsaturated/α-hetero) is 1. The van der Waals surface area contributed by atoms with Gasteiger partial charge in [0.05, 0.1) is 10.6 Å². The van der Waals surface area contributed by atoms with E-state index in [1.807, 2.05) is 43.5 Å². The Balaban J connectivity index is 1.68. The van der Waals surface area contributed by atoms with Crippen LogP contribution in [0.25, 0.3) is 10.8 Å². The van der Waals surface area contributed by atoms with E-state index in [0.29, 0.717) is 17.7 Å². The van der Waals surface area contributed by atoms with E-state index in [1.54, 1.807) is 0 Å². The Morgan fingerprint density at radius 3 is 3.00 bits per heavy atom. The van der Waals surface area contributed by atoms with Crippen molar-refractivity contribution in [1.29, 1.82) is 0 Å². The third kappa shape index (κ3) is 3.37. The lowest BCUT2D eigenvalue weighted by molar-refractivity contribution is 0.102. The van der Waals surface area contributed by atoms with Gasteiger partial charge in [0, 0.05) is 23.5 Å². The van der Waals surface area contributed by atoms with Gasteiger partial charge in [0.1, 0.15) is 0 Å². The van der Waals surface area contributed by atoms with E-state index >= 15 is 0 Å². The number of aryl methyl sites for hydroxylation is 1. The number of aromatic nitrogens is 3. The number of carbonyl (C=O) groups is 1. The van der Waals surface area contributed by atoms with Crippen molar-refractivity contribution in [2.45, 2.75) is 25.6 Å². The molecule has 0 fully saturated rings. The smallest absolute Gasteiger partial charge is 0.277 e. The van der Waals surface area contributed by atoms with E-state index in [1.165, 1.54) is 23.1 Å². The molecule has 0 atom stereocenters. The van der Waals surface area contributed by atoms with Crippen molar-refractivity contribution < 1.29 is 9.21 Å². The summed E-state index contributed by atoms with van der Waals surface area (Å²) in [5, 5.41) is 10.4. The van der Waals surface area contributed by atoms with Crippen molar-refractivity contribution in [3.05, 3.63) is 53.2 Å². The molecule has 0 unspecified atom stereocenters. The van der Waals surface area contributed by atoms with E-state index in [9.17, 15) is 4.79 Å². The molecule has 5 nitrogen and oxygen atoms in total. The maximum absolute atomic E-state index is 12.5. The van der Waals surface area contributed by atoms with Gasteiger partial charge in [-0.2, -0.15) is 0 Å². The van der Waals surface area contributed by atoms with Gasteiger partial charge in [-0.25, -0.2) is 0 Å². The first kappa shape index (κ1) is 16.7. The molecule has 0 aliphatic heterocycles. The molecule has 3 heterocycles. The van der Waals surface area contributed by atoms with E-state index in [0.717, 1.165) is 21.8 Å². The SMILES string of the molecule is C=CCn1c(C)cc(C(=O)CSc2nnc(-c3cccs3)o2)c1C. The van der Waals surface area contributed by atoms with Gasteiger partial charge in [-0.1, -0.05) is 23.9 Å². The van der Waals surface area contributed by atoms with E-state index in [2.05, 4.69) is 21.3 Å². The molecule has 3 aromatic heterocycles. The second kappa shape index (κ2) is 7.19. The third-order valence-corrected chi connectivity index (χ3v) is 5.33. The van der Waals surface area contributed by atoms with Crippen LogP contribution in [0.2, 0.25) is 0 Å². The molecular weight excluding hydrogens is 342 g/mol. The highest BCUT2D eigenvalue weighted by atomic mass is 32.2. The van der Waals surface area contributed by atoms with Gasteiger partial charge < -0.3 is 8.98 Å². The lowest BCUT2D eigenvalue weighted by Crippen LogP contribution is -2.06. The molecule has 124 valence electrons. The zero-order valence-electron chi connectivity index (χ0n) is 13.5. The molecule has 0 aliphatic carbocycles. The highest BCUT2D eigenvalue weighted by Crippen LogP contribution is 2.27. The van der Waals surface area contributed by atoms with Crippen molar-refractivity contribution in [1.82, 2.24) is 14.8 Å². The van der Waals surface area contributed by atoms with Crippen LogP contribution in [0.1, 0.15) is 21.7 Å². The number of ketones is 1. The van der Waals surface area contributed by atoms with Gasteiger partial charge in [0.2, 0.25) is 0 Å². The van der Waals surface area contributed by atoms with Crippen molar-refractivity contribution in [2.24, 2.45) is 0 Å². The highest BCUT2D eigenvalue weighted by Gasteiger charge is 2.17. The standard InChI is InChI=1S/C17H17N3O2S2/c1-4-7-20-11(2)9-13(12(20)3)14(21)10-24-17-19-18-16(22-17)15-6-5-8-23-15/h4-6,8-9H,1,7,10H2,2-3H3. The molecule has 0 aliphatic rings. The van der Waals surface area contributed by atoms with Crippen LogP contribution in [-0.4, -0.2) is 26.3 Å². The summed E-state index contributed by atoms with van der Waals surface area (Å²) in [6.07, 6.45) is 1.83. The first-order valence-corrected chi connectivity index (χ1v) is 9.27. The number of thioether (sulfide) groups is 1. The molecule has 3 aromatic rings. The van der Waals surface area contributed by atoms with Gasteiger partial charge in [-0.15, -0.1) is 28.1 Å². The average Bonchev–Trinajstić information content (AvgIpc) is 3.29. The molecule has 0 amide bonds. The second-order valence-corrected chi connectivity index (χ2v) is 7.12. The molecular formula is C17H17N3O2S2. The van der Waals surface area contributed by atoms with Crippen LogP contribution in [-0.2, 0) is 6.54 Å². The van der Waals surface area contributed by atoms with Crippen LogP contribution in [0.4, 0.5) is 0 Å². The van der Waals surface area contributed by atoms with Crippen LogP contribution in [0.5, 0.6) is 0 Å². The molecule has 0 spiro atoms. The van der Waals surface area contributed by atoms with Crippen molar-refractivity contribution >= 4 is 28.9 Å². The predicted octanol–water partition coefficient (Wildman–Crippen LogP) is 4.38. The molecule has 0 saturated carbocycles. The maximum atomic E-state index is 12.5. The van der Waals surface area contributed by atoms with Crippen LogP contribution in [0.15, 0.2) is 45.9 Å². The Kier molecular flexibility index (Phi) is 5.01. The molecule has 7 heteroatoms. The van der Waals surface area contributed by atoms with Crippen LogP contribution >= 0.6 is 23.1 Å². The summed E-state index contributed by atoms with van der Waals surface area (Å²) in [6.45, 7) is 8.40. The van der Waals surface area contributed by atoms with Crippen LogP contribution in [0, 0.1) is 13.8 Å². The summed E-state index contributed by atoms with van der Waals surface area (Å²) in [5.74, 6) is 0.813. The maximum Gasteiger partial charge on any atom is 0.277 e. The Bertz CT molecular complexity index is 863. The first-order valence-electron chi connectivity index (χ1n) is 7.41. The van der Waals surface area contributed by atoms with E-state index < -0.39 is 0 Å². The average molecular weight is 359 g/mol. The summed E-state index contributed by atoms with van der Waals surface area (Å²) >= 11 is 2.80. The fourth-order valence-electron chi connectivity index (χ4n) is 2.47. The topological polar surface area (TPSA) is 60.9 Å². The summed E-state index contributed by atoms with van der Waals surface area (Å²) in [7, 11) is 0. The molecule has 0 aromatic carbocycles. The van der Waals surface area contributed by atoms with Gasteiger partial charge in [0.25, 0.3) is 11.1 Å². The third-order valence-electron chi connectivity index (χ3n) is 3.65. The minimum Gasteiger partial charge on any atom is -0.410 e. The van der Waals surface area contributed by atoms with Crippen LogP contribution < -0.4 is 0 Å². The molecule has 3 rings (SSSR count). The predicted molar refractivity (Wildman–Crippen MR) is 96.8 cm³/mol. The minimum absolute atomic E-state index is 0.0549. The molecule has 24 heavy (non-hydrogen) atoms. The van der Waals surface area contributed by atoms with Crippen molar-refractivity contribution in [3.8, 4) is 10.8 Å². The summed E-state index contributed by atoms with van der Waals surface area (Å²) in [6, 6.07) is 5.78. The van der Waals surface area contributed by atoms with Gasteiger partial charge >= 0.3 is 0 Å². The number of carbonyl (C=O) groups excluding carboxylic acids is 1. The van der Waals surface area contributed by atoms with Gasteiger partial charge in [0.15, 0.2) is 5.78 Å². The largest absolute Gasteiger partial charge is 0.410 e. The number of thiophene rings is 1. The Labute approximate surface area is 148 Å². The van der Waals surface area contributed by atoms with Crippen molar-refractivity contribution in [2.75, 3.05) is 5.75 Å². The van der Waals surface area contributed by atoms with E-state index in [4.69, 9.17) is 4.42 Å². The molecule has 0 bridgehead atoms. The lowest BCUT2D eigenvalue weighted by atomic mass is 10.2. The Morgan fingerprint density at radius 2 is 2.29 bits per heavy atom. The number of allylic oxidation sites excluding steroid dienone is 1. The zero-order chi connectivity index (χ0) is 17.1. The number of hydrogen-bond donors (Lipinski definition) is 0. The number of nitrogens with zero attached hydrogens (tertiary/aromatic N) is 3. The molecule has 0 N–H and O–H groups in total. The fourth-order valence-corrected chi connectivity index (χ4v) is 3.76. The van der Waals surface area contributed by atoms with Crippen molar-refractivity contribution in [3.63, 3.8) is 0 Å². The second-order valence-electron chi connectivity index (χ2n) is 5.25. The molecule has 0 radical (unpaired) electrons. The summed E-state index contributed by atoms with van der Waals surface area (Å²) < 4.78 is 7.67. The number of rotatable bonds is 7. The van der Waals surface area contributed by atoms with E-state index in [-0.39, 0.29) is 11.5 Å². The van der Waals surface area contributed by atoms with Gasteiger partial charge in [-0.3, -0.25) is 4.79 Å². The summed E-state index contributed by atoms with van der Waals surface area (Å²) in [4.78, 5) is 13.4. The van der Waals surface area contributed by atoms with Crippen LogP contribution in [0.3, 0.4) is 0 Å². The quantitative estimate of drug-likeness (QED) is 0.356. The Morgan fingerprint density at radius 1 is 1.46 bits per heavy atom. The zero-order valence-corrected chi connectivity index (χ0v) is 15.1. The highest BCUT2D eigenvalue weighted by molar-refractivity contribution is 7.99. The normalized spacial score (nSPS) is 10.9. The summed E-state index contributed by atoms with van der Waals surface area (Å²) in [5.41, 5.74) is 2.75. The monoisotopic (exact) mass is 359 g/mol. The van der Waals surface area contributed by atoms with Gasteiger partial charge in [-0.05, 0) is 31.4 Å². The molecule has 0 saturated heterocycles.